The van der Waals surface area contributed by atoms with Gasteiger partial charge in [-0.2, -0.15) is 0 Å². The number of fused-ring (bicyclic) bond motifs is 1. The standard InChI is InChI=1S/C23H27NO6/c1-22(2,19-17(28-4)7-6-8-18(19)29-5)13-23(3,27)21(26)24-15-9-10-16-14(11-15)12-30-20(16)25/h6-11,27H,12-13H2,1-5H3,(H,24,26). The Hall–Kier alpha value is -3.06. The van der Waals surface area contributed by atoms with Crippen LogP contribution in [0.4, 0.5) is 5.69 Å². The second kappa shape index (κ2) is 7.99. The van der Waals surface area contributed by atoms with Crippen LogP contribution in [0.15, 0.2) is 36.4 Å². The number of carbonyl (C=O) groups is 2. The van der Waals surface area contributed by atoms with E-state index >= 15 is 0 Å². The van der Waals surface area contributed by atoms with Gasteiger partial charge in [-0.3, -0.25) is 4.79 Å². The topological polar surface area (TPSA) is 94.1 Å². The van der Waals surface area contributed by atoms with Crippen LogP contribution in [0.5, 0.6) is 11.5 Å². The first kappa shape index (κ1) is 21.6. The van der Waals surface area contributed by atoms with E-state index in [0.717, 1.165) is 5.56 Å². The summed E-state index contributed by atoms with van der Waals surface area (Å²) >= 11 is 0. The van der Waals surface area contributed by atoms with Crippen LogP contribution in [0, 0.1) is 0 Å². The van der Waals surface area contributed by atoms with E-state index in [9.17, 15) is 14.7 Å². The molecule has 0 aliphatic carbocycles. The molecule has 0 fully saturated rings. The van der Waals surface area contributed by atoms with Crippen LogP contribution in [0.25, 0.3) is 0 Å². The quantitative estimate of drug-likeness (QED) is 0.676. The molecule has 1 amide bonds. The number of carbonyl (C=O) groups excluding carboxylic acids is 2. The molecule has 2 N–H and O–H groups in total. The Balaban J connectivity index is 1.82. The second-order valence-corrected chi connectivity index (χ2v) is 8.27. The third-order valence-electron chi connectivity index (χ3n) is 5.32. The Morgan fingerprint density at radius 3 is 2.37 bits per heavy atom. The molecule has 1 atom stereocenters. The summed E-state index contributed by atoms with van der Waals surface area (Å²) in [6, 6.07) is 10.4. The van der Waals surface area contributed by atoms with Crippen molar-refractivity contribution in [2.75, 3.05) is 19.5 Å². The van der Waals surface area contributed by atoms with Crippen molar-refractivity contribution < 1.29 is 28.9 Å². The summed E-state index contributed by atoms with van der Waals surface area (Å²) in [4.78, 5) is 24.5. The number of nitrogens with one attached hydrogen (secondary N) is 1. The predicted molar refractivity (Wildman–Crippen MR) is 112 cm³/mol. The number of ether oxygens (including phenoxy) is 3. The number of rotatable bonds is 7. The number of benzene rings is 2. The summed E-state index contributed by atoms with van der Waals surface area (Å²) < 4.78 is 16.0. The molecule has 1 heterocycles. The van der Waals surface area contributed by atoms with Crippen LogP contribution in [0.3, 0.4) is 0 Å². The molecule has 0 aromatic heterocycles. The highest BCUT2D eigenvalue weighted by molar-refractivity contribution is 5.98. The normalized spacial score (nSPS) is 15.1. The van der Waals surface area contributed by atoms with Gasteiger partial charge in [-0.25, -0.2) is 4.79 Å². The Bertz CT molecular complexity index is 957. The highest BCUT2D eigenvalue weighted by atomic mass is 16.5. The van der Waals surface area contributed by atoms with Gasteiger partial charge in [-0.1, -0.05) is 19.9 Å². The smallest absolute Gasteiger partial charge is 0.338 e. The summed E-state index contributed by atoms with van der Waals surface area (Å²) in [5.41, 5.74) is 0.138. The Labute approximate surface area is 176 Å². The maximum absolute atomic E-state index is 12.9. The minimum Gasteiger partial charge on any atom is -0.496 e. The lowest BCUT2D eigenvalue weighted by molar-refractivity contribution is -0.134. The van der Waals surface area contributed by atoms with E-state index in [0.29, 0.717) is 28.3 Å². The Morgan fingerprint density at radius 1 is 1.13 bits per heavy atom. The van der Waals surface area contributed by atoms with Gasteiger partial charge in [0.05, 0.1) is 19.8 Å². The van der Waals surface area contributed by atoms with E-state index in [1.807, 2.05) is 32.0 Å². The molecule has 3 rings (SSSR count). The summed E-state index contributed by atoms with van der Waals surface area (Å²) in [6.07, 6.45) is 0.120. The maximum Gasteiger partial charge on any atom is 0.338 e. The van der Waals surface area contributed by atoms with E-state index in [4.69, 9.17) is 14.2 Å². The van der Waals surface area contributed by atoms with Crippen molar-refractivity contribution in [3.63, 3.8) is 0 Å². The number of amides is 1. The summed E-state index contributed by atoms with van der Waals surface area (Å²) in [6.45, 7) is 5.50. The van der Waals surface area contributed by atoms with Crippen molar-refractivity contribution in [1.29, 1.82) is 0 Å². The Morgan fingerprint density at radius 2 is 1.77 bits per heavy atom. The molecule has 1 unspecified atom stereocenters. The average molecular weight is 413 g/mol. The van der Waals surface area contributed by atoms with Crippen LogP contribution < -0.4 is 14.8 Å². The summed E-state index contributed by atoms with van der Waals surface area (Å²) in [5.74, 6) is 0.328. The lowest BCUT2D eigenvalue weighted by atomic mass is 9.74. The van der Waals surface area contributed by atoms with Gasteiger partial charge in [-0.15, -0.1) is 0 Å². The van der Waals surface area contributed by atoms with Gasteiger partial charge in [0.15, 0.2) is 0 Å². The first-order valence-corrected chi connectivity index (χ1v) is 9.64. The van der Waals surface area contributed by atoms with Gasteiger partial charge < -0.3 is 24.6 Å². The van der Waals surface area contributed by atoms with Crippen molar-refractivity contribution in [2.45, 2.75) is 44.8 Å². The SMILES string of the molecule is COc1cccc(OC)c1C(C)(C)CC(C)(O)C(=O)Nc1ccc2c(c1)COC2=O. The third kappa shape index (κ3) is 4.11. The fourth-order valence-electron chi connectivity index (χ4n) is 4.02. The third-order valence-corrected chi connectivity index (χ3v) is 5.32. The van der Waals surface area contributed by atoms with Crippen LogP contribution in [0.2, 0.25) is 0 Å². The number of hydrogen-bond acceptors (Lipinski definition) is 6. The molecule has 0 spiro atoms. The molecular weight excluding hydrogens is 386 g/mol. The van der Waals surface area contributed by atoms with Gasteiger partial charge in [0.25, 0.3) is 5.91 Å². The average Bonchev–Trinajstić information content (AvgIpc) is 3.06. The van der Waals surface area contributed by atoms with Crippen molar-refractivity contribution in [3.05, 3.63) is 53.1 Å². The van der Waals surface area contributed by atoms with Crippen molar-refractivity contribution in [2.24, 2.45) is 0 Å². The minimum absolute atomic E-state index is 0.120. The number of hydrogen-bond donors (Lipinski definition) is 2. The van der Waals surface area contributed by atoms with E-state index in [1.165, 1.54) is 6.92 Å². The molecule has 160 valence electrons. The lowest BCUT2D eigenvalue weighted by Crippen LogP contribution is -2.44. The fraction of sp³-hybridized carbons (Fsp3) is 0.391. The van der Waals surface area contributed by atoms with Crippen LogP contribution >= 0.6 is 0 Å². The maximum atomic E-state index is 12.9. The van der Waals surface area contributed by atoms with Crippen molar-refractivity contribution >= 4 is 17.6 Å². The highest BCUT2D eigenvalue weighted by Crippen LogP contribution is 2.43. The van der Waals surface area contributed by atoms with Gasteiger partial charge in [-0.05, 0) is 43.7 Å². The molecule has 0 bridgehead atoms. The molecule has 2 aromatic carbocycles. The first-order valence-electron chi connectivity index (χ1n) is 9.64. The van der Waals surface area contributed by atoms with Crippen molar-refractivity contribution in [3.8, 4) is 11.5 Å². The zero-order valence-corrected chi connectivity index (χ0v) is 17.9. The van der Waals surface area contributed by atoms with E-state index < -0.39 is 16.9 Å². The number of aliphatic hydroxyl groups is 1. The van der Waals surface area contributed by atoms with Gasteiger partial charge in [0, 0.05) is 22.2 Å². The molecule has 30 heavy (non-hydrogen) atoms. The van der Waals surface area contributed by atoms with Crippen LogP contribution in [-0.2, 0) is 21.6 Å². The molecular formula is C23H27NO6. The number of methoxy groups -OCH3 is 2. The molecule has 1 aliphatic rings. The summed E-state index contributed by atoms with van der Waals surface area (Å²) in [7, 11) is 3.14. The largest absolute Gasteiger partial charge is 0.496 e. The summed E-state index contributed by atoms with van der Waals surface area (Å²) in [5, 5.41) is 13.8. The molecule has 2 aromatic rings. The monoisotopic (exact) mass is 413 g/mol. The zero-order chi connectivity index (χ0) is 22.1. The first-order chi connectivity index (χ1) is 14.1. The molecule has 0 saturated heterocycles. The number of esters is 1. The van der Waals surface area contributed by atoms with Gasteiger partial charge in [0.2, 0.25) is 0 Å². The van der Waals surface area contributed by atoms with Crippen LogP contribution in [0.1, 0.15) is 48.7 Å². The van der Waals surface area contributed by atoms with Gasteiger partial charge >= 0.3 is 5.97 Å². The number of cyclic esters (lactones) is 1. The van der Waals surface area contributed by atoms with E-state index in [1.54, 1.807) is 32.4 Å². The lowest BCUT2D eigenvalue weighted by Gasteiger charge is -2.35. The van der Waals surface area contributed by atoms with Gasteiger partial charge in [0.1, 0.15) is 23.7 Å². The molecule has 0 radical (unpaired) electrons. The minimum atomic E-state index is -1.68. The zero-order valence-electron chi connectivity index (χ0n) is 17.9. The fourth-order valence-corrected chi connectivity index (χ4v) is 4.02. The molecule has 0 saturated carbocycles. The Kier molecular flexibility index (Phi) is 5.76. The molecule has 7 heteroatoms. The van der Waals surface area contributed by atoms with E-state index in [2.05, 4.69) is 5.32 Å². The number of anilines is 1. The predicted octanol–water partition coefficient (Wildman–Crippen LogP) is 3.43. The molecule has 7 nitrogen and oxygen atoms in total. The second-order valence-electron chi connectivity index (χ2n) is 8.27. The van der Waals surface area contributed by atoms with Crippen LogP contribution in [-0.4, -0.2) is 36.8 Å². The van der Waals surface area contributed by atoms with Crippen molar-refractivity contribution in [1.82, 2.24) is 0 Å². The highest BCUT2D eigenvalue weighted by Gasteiger charge is 2.40. The molecule has 1 aliphatic heterocycles. The van der Waals surface area contributed by atoms with E-state index in [-0.39, 0.29) is 19.0 Å².